The van der Waals surface area contributed by atoms with Crippen molar-refractivity contribution < 1.29 is 5.21 Å². The lowest BCUT2D eigenvalue weighted by atomic mass is 10.1. The third-order valence-corrected chi connectivity index (χ3v) is 4.16. The molecule has 2 heterocycles. The van der Waals surface area contributed by atoms with E-state index in [1.54, 1.807) is 4.40 Å². The molecule has 0 saturated carbocycles. The van der Waals surface area contributed by atoms with Gasteiger partial charge in [0.25, 0.3) is 5.56 Å². The van der Waals surface area contributed by atoms with Gasteiger partial charge < -0.3 is 10.2 Å². The maximum atomic E-state index is 12.3. The lowest BCUT2D eigenvalue weighted by molar-refractivity contribution is 0.319. The van der Waals surface area contributed by atoms with Crippen molar-refractivity contribution in [3.63, 3.8) is 0 Å². The van der Waals surface area contributed by atoms with Crippen molar-refractivity contribution >= 4 is 11.4 Å². The lowest BCUT2D eigenvalue weighted by Crippen LogP contribution is -2.17. The van der Waals surface area contributed by atoms with Gasteiger partial charge in [-0.2, -0.15) is 0 Å². The third-order valence-electron chi connectivity index (χ3n) is 4.16. The van der Waals surface area contributed by atoms with E-state index in [0.29, 0.717) is 29.3 Å². The number of nitrogens with one attached hydrogen (secondary N) is 1. The van der Waals surface area contributed by atoms with E-state index in [9.17, 15) is 10.0 Å². The highest BCUT2D eigenvalue weighted by molar-refractivity contribution is 6.22. The Bertz CT molecular complexity index is 999. The minimum Gasteiger partial charge on any atom is -0.410 e. The van der Waals surface area contributed by atoms with E-state index in [0.717, 1.165) is 24.0 Å². The number of H-pyrrole nitrogens is 1. The Morgan fingerprint density at radius 2 is 2.04 bits per heavy atom. The van der Waals surface area contributed by atoms with Crippen molar-refractivity contribution in [2.45, 2.75) is 26.2 Å². The summed E-state index contributed by atoms with van der Waals surface area (Å²) < 4.78 is 1.72. The summed E-state index contributed by atoms with van der Waals surface area (Å²) in [5, 5.41) is 21.2. The van der Waals surface area contributed by atoms with Crippen LogP contribution in [0, 0.1) is 0 Å². The zero-order chi connectivity index (χ0) is 16.0. The number of hydrogen-bond acceptors (Lipinski definition) is 5. The molecule has 0 amide bonds. The van der Waals surface area contributed by atoms with E-state index in [-0.39, 0.29) is 11.2 Å². The summed E-state index contributed by atoms with van der Waals surface area (Å²) in [4.78, 5) is 15.2. The van der Waals surface area contributed by atoms with Gasteiger partial charge >= 0.3 is 0 Å². The first-order valence-electron chi connectivity index (χ1n) is 7.58. The van der Waals surface area contributed by atoms with Gasteiger partial charge in [-0.05, 0) is 6.42 Å². The maximum Gasteiger partial charge on any atom is 0.294 e. The number of rotatable bonds is 3. The molecule has 0 bridgehead atoms. The van der Waals surface area contributed by atoms with Crippen molar-refractivity contribution in [2.24, 2.45) is 5.16 Å². The molecule has 1 aliphatic rings. The number of aromatic amines is 1. The summed E-state index contributed by atoms with van der Waals surface area (Å²) in [7, 11) is 0. The number of hydrogen-bond donors (Lipinski definition) is 2. The second kappa shape index (κ2) is 5.05. The monoisotopic (exact) mass is 309 g/mol. The highest BCUT2D eigenvalue weighted by atomic mass is 16.4. The average molecular weight is 309 g/mol. The normalized spacial score (nSPS) is 14.4. The van der Waals surface area contributed by atoms with Gasteiger partial charge in [-0.15, -0.1) is 10.2 Å². The van der Waals surface area contributed by atoms with Gasteiger partial charge in [0, 0.05) is 17.5 Å². The van der Waals surface area contributed by atoms with Crippen LogP contribution in [-0.4, -0.2) is 30.5 Å². The molecule has 2 aromatic heterocycles. The smallest absolute Gasteiger partial charge is 0.294 e. The molecule has 2 N–H and O–H groups in total. The molecule has 0 aliphatic heterocycles. The first-order valence-corrected chi connectivity index (χ1v) is 7.58. The molecular weight excluding hydrogens is 294 g/mol. The van der Waals surface area contributed by atoms with Gasteiger partial charge in [0.05, 0.1) is 5.69 Å². The molecule has 7 nitrogen and oxygen atoms in total. The molecule has 0 spiro atoms. The Hall–Kier alpha value is -2.96. The Morgan fingerprint density at radius 1 is 1.26 bits per heavy atom. The molecule has 0 atom stereocenters. The van der Waals surface area contributed by atoms with E-state index in [1.165, 1.54) is 0 Å². The van der Waals surface area contributed by atoms with Gasteiger partial charge in [0.15, 0.2) is 0 Å². The Labute approximate surface area is 131 Å². The van der Waals surface area contributed by atoms with Crippen molar-refractivity contribution in [2.75, 3.05) is 0 Å². The molecule has 3 aromatic rings. The Kier molecular flexibility index (Phi) is 3.00. The van der Waals surface area contributed by atoms with E-state index in [1.807, 2.05) is 24.3 Å². The van der Waals surface area contributed by atoms with E-state index < -0.39 is 0 Å². The van der Waals surface area contributed by atoms with Gasteiger partial charge in [0.2, 0.25) is 5.65 Å². The van der Waals surface area contributed by atoms with Gasteiger partial charge in [0.1, 0.15) is 17.2 Å². The quantitative estimate of drug-likeness (QED) is 0.447. The zero-order valence-corrected chi connectivity index (χ0v) is 12.6. The van der Waals surface area contributed by atoms with E-state index >= 15 is 0 Å². The van der Waals surface area contributed by atoms with Crippen LogP contribution >= 0.6 is 0 Å². The fourth-order valence-electron chi connectivity index (χ4n) is 3.09. The molecule has 1 aromatic carbocycles. The number of benzene rings is 1. The summed E-state index contributed by atoms with van der Waals surface area (Å²) in [6.45, 7) is 2.09. The van der Waals surface area contributed by atoms with E-state index in [4.69, 9.17) is 0 Å². The fraction of sp³-hybridized carbons (Fsp3) is 0.250. The van der Waals surface area contributed by atoms with Crippen LogP contribution in [-0.2, 0) is 6.42 Å². The molecule has 0 unspecified atom stereocenters. The summed E-state index contributed by atoms with van der Waals surface area (Å²) in [6, 6.07) is 7.51. The predicted octanol–water partition coefficient (Wildman–Crippen LogP) is 1.97. The molecule has 7 heteroatoms. The number of aromatic nitrogens is 4. The zero-order valence-electron chi connectivity index (χ0n) is 12.6. The van der Waals surface area contributed by atoms with Crippen molar-refractivity contribution in [3.8, 4) is 11.3 Å². The topological polar surface area (TPSA) is 95.6 Å². The highest BCUT2D eigenvalue weighted by Crippen LogP contribution is 2.35. The predicted molar refractivity (Wildman–Crippen MR) is 85.1 cm³/mol. The third kappa shape index (κ3) is 1.82. The number of oxime groups is 1. The average Bonchev–Trinajstić information content (AvgIpc) is 3.12. The van der Waals surface area contributed by atoms with Crippen LogP contribution in [0.5, 0.6) is 0 Å². The fourth-order valence-corrected chi connectivity index (χ4v) is 3.09. The molecule has 0 radical (unpaired) electrons. The van der Waals surface area contributed by atoms with Crippen molar-refractivity contribution in [1.29, 1.82) is 0 Å². The second-order valence-electron chi connectivity index (χ2n) is 5.55. The van der Waals surface area contributed by atoms with Crippen LogP contribution in [0.15, 0.2) is 34.2 Å². The molecule has 23 heavy (non-hydrogen) atoms. The largest absolute Gasteiger partial charge is 0.410 e. The van der Waals surface area contributed by atoms with Crippen LogP contribution in [0.1, 0.15) is 36.8 Å². The number of unbranched alkanes of at least 4 members (excludes halogenated alkanes) is 1. The van der Waals surface area contributed by atoms with Gasteiger partial charge in [-0.1, -0.05) is 42.8 Å². The number of nitrogens with zero attached hydrogens (tertiary/aromatic N) is 4. The summed E-state index contributed by atoms with van der Waals surface area (Å²) in [5.74, 6) is 0.707. The van der Waals surface area contributed by atoms with Crippen LogP contribution in [0.25, 0.3) is 16.9 Å². The maximum absolute atomic E-state index is 12.3. The van der Waals surface area contributed by atoms with Crippen molar-refractivity contribution in [3.05, 3.63) is 51.7 Å². The number of aryl methyl sites for hydroxylation is 1. The molecule has 0 fully saturated rings. The molecular formula is C16H15N5O2. The Morgan fingerprint density at radius 3 is 2.78 bits per heavy atom. The summed E-state index contributed by atoms with van der Waals surface area (Å²) >= 11 is 0. The van der Waals surface area contributed by atoms with Gasteiger partial charge in [-0.25, -0.2) is 0 Å². The molecule has 4 rings (SSSR count). The molecule has 116 valence electrons. The summed E-state index contributed by atoms with van der Waals surface area (Å²) in [5.41, 5.74) is 3.25. The van der Waals surface area contributed by atoms with Crippen molar-refractivity contribution in [1.82, 2.24) is 19.6 Å². The molecule has 0 saturated heterocycles. The SMILES string of the molecule is CCCCc1nnc2c(=O)[nH]c3c(n12)/C(=N/O)c1ccccc1-3. The minimum atomic E-state index is -0.298. The van der Waals surface area contributed by atoms with Crippen LogP contribution in [0.4, 0.5) is 0 Å². The first-order chi connectivity index (χ1) is 11.3. The molecule has 1 aliphatic carbocycles. The minimum absolute atomic E-state index is 0.226. The summed E-state index contributed by atoms with van der Waals surface area (Å²) in [6.07, 6.45) is 2.67. The van der Waals surface area contributed by atoms with Gasteiger partial charge in [-0.3, -0.25) is 9.20 Å². The number of fused-ring (bicyclic) bond motifs is 5. The van der Waals surface area contributed by atoms with Crippen LogP contribution in [0.3, 0.4) is 0 Å². The van der Waals surface area contributed by atoms with Crippen LogP contribution < -0.4 is 5.56 Å². The first kappa shape index (κ1) is 13.7. The highest BCUT2D eigenvalue weighted by Gasteiger charge is 2.31. The standard InChI is InChI=1S/C16H15N5O2/c1-2-3-8-11-18-19-15-16(22)17-12-9-6-4-5-7-10(9)13(20-23)14(12)21(11)15/h4-7,23H,2-3,8H2,1H3,(H,17,22)/b20-13+. The van der Waals surface area contributed by atoms with Crippen LogP contribution in [0.2, 0.25) is 0 Å². The second-order valence-corrected chi connectivity index (χ2v) is 5.55. The Balaban J connectivity index is 2.10. The lowest BCUT2D eigenvalue weighted by Gasteiger charge is -2.06. The van der Waals surface area contributed by atoms with E-state index in [2.05, 4.69) is 27.3 Å².